The minimum Gasteiger partial charge on any atom is -0.467 e. The fourth-order valence-corrected chi connectivity index (χ4v) is 1.91. The lowest BCUT2D eigenvalue weighted by Gasteiger charge is -2.11. The van der Waals surface area contributed by atoms with E-state index in [1.165, 1.54) is 16.7 Å². The average molecular weight is 240 g/mol. The Hall–Kier alpha value is -2.09. The maximum absolute atomic E-state index is 10.2. The average Bonchev–Trinajstić information content (AvgIpc) is 2.46. The molecule has 2 aromatic rings. The van der Waals surface area contributed by atoms with Crippen molar-refractivity contribution in [2.24, 2.45) is 0 Å². The minimum atomic E-state index is 0.222. The molecule has 0 aliphatic heterocycles. The van der Waals surface area contributed by atoms with Gasteiger partial charge in [-0.15, -0.1) is 0 Å². The van der Waals surface area contributed by atoms with Crippen LogP contribution in [0.4, 0.5) is 0 Å². The highest BCUT2D eigenvalue weighted by Gasteiger charge is 2.06. The van der Waals surface area contributed by atoms with E-state index in [0.29, 0.717) is 13.1 Å². The van der Waals surface area contributed by atoms with Crippen LogP contribution in [0.1, 0.15) is 18.4 Å². The summed E-state index contributed by atoms with van der Waals surface area (Å²) in [6.07, 6.45) is 0. The summed E-state index contributed by atoms with van der Waals surface area (Å²) in [4.78, 5) is 10.2. The molecule has 0 aliphatic rings. The van der Waals surface area contributed by atoms with Crippen LogP contribution in [0.3, 0.4) is 0 Å². The van der Waals surface area contributed by atoms with E-state index < -0.39 is 0 Å². The Kier molecular flexibility index (Phi) is 4.13. The van der Waals surface area contributed by atoms with Crippen LogP contribution >= 0.6 is 0 Å². The Morgan fingerprint density at radius 2 is 1.61 bits per heavy atom. The van der Waals surface area contributed by atoms with Crippen molar-refractivity contribution in [1.82, 2.24) is 0 Å². The Morgan fingerprint density at radius 1 is 1.00 bits per heavy atom. The fourth-order valence-electron chi connectivity index (χ4n) is 1.91. The van der Waals surface area contributed by atoms with Crippen molar-refractivity contribution in [1.29, 1.82) is 0 Å². The number of benzene rings is 2. The van der Waals surface area contributed by atoms with E-state index >= 15 is 0 Å². The zero-order valence-electron chi connectivity index (χ0n) is 10.4. The summed E-state index contributed by atoms with van der Waals surface area (Å²) < 4.78 is 4.78. The van der Waals surface area contributed by atoms with E-state index in [4.69, 9.17) is 4.74 Å². The van der Waals surface area contributed by atoms with Crippen LogP contribution in [0.15, 0.2) is 54.6 Å². The molecular formula is C16H16O2. The van der Waals surface area contributed by atoms with Crippen molar-refractivity contribution < 1.29 is 9.53 Å². The maximum atomic E-state index is 10.2. The second-order valence-electron chi connectivity index (χ2n) is 4.32. The van der Waals surface area contributed by atoms with Gasteiger partial charge in [-0.25, -0.2) is 0 Å². The van der Waals surface area contributed by atoms with E-state index in [1.54, 1.807) is 0 Å². The lowest BCUT2D eigenvalue weighted by molar-refractivity contribution is -0.129. The van der Waals surface area contributed by atoms with Gasteiger partial charge >= 0.3 is 0 Å². The second-order valence-corrected chi connectivity index (χ2v) is 4.32. The van der Waals surface area contributed by atoms with Crippen molar-refractivity contribution in [2.45, 2.75) is 12.8 Å². The first kappa shape index (κ1) is 12.4. The van der Waals surface area contributed by atoms with Gasteiger partial charge in [0.05, 0.1) is 6.61 Å². The third-order valence-corrected chi connectivity index (χ3v) is 3.00. The maximum Gasteiger partial charge on any atom is 0.293 e. The zero-order valence-corrected chi connectivity index (χ0v) is 10.4. The monoisotopic (exact) mass is 240 g/mol. The number of ether oxygens (including phenoxy) is 1. The van der Waals surface area contributed by atoms with Crippen molar-refractivity contribution in [3.8, 4) is 11.1 Å². The molecule has 2 aromatic carbocycles. The molecule has 0 aliphatic carbocycles. The van der Waals surface area contributed by atoms with Gasteiger partial charge in [0.15, 0.2) is 0 Å². The van der Waals surface area contributed by atoms with Crippen LogP contribution in [0.25, 0.3) is 11.1 Å². The van der Waals surface area contributed by atoms with Crippen molar-refractivity contribution >= 4 is 6.47 Å². The fraction of sp³-hybridized carbons (Fsp3) is 0.188. The molecule has 0 aromatic heterocycles. The largest absolute Gasteiger partial charge is 0.467 e. The summed E-state index contributed by atoms with van der Waals surface area (Å²) in [5, 5.41) is 0. The molecule has 0 amide bonds. The predicted octanol–water partition coefficient (Wildman–Crippen LogP) is 3.63. The van der Waals surface area contributed by atoms with Gasteiger partial charge in [-0.2, -0.15) is 0 Å². The van der Waals surface area contributed by atoms with E-state index in [-0.39, 0.29) is 5.92 Å². The molecule has 0 bridgehead atoms. The van der Waals surface area contributed by atoms with Crippen LogP contribution in [0.2, 0.25) is 0 Å². The highest BCUT2D eigenvalue weighted by molar-refractivity contribution is 5.63. The van der Waals surface area contributed by atoms with Crippen molar-refractivity contribution in [3.05, 3.63) is 60.2 Å². The Labute approximate surface area is 107 Å². The van der Waals surface area contributed by atoms with E-state index in [0.717, 1.165) is 0 Å². The number of hydrogen-bond donors (Lipinski definition) is 0. The molecule has 2 nitrogen and oxygen atoms in total. The van der Waals surface area contributed by atoms with Gasteiger partial charge in [0.2, 0.25) is 0 Å². The molecule has 0 radical (unpaired) electrons. The first-order valence-electron chi connectivity index (χ1n) is 6.02. The van der Waals surface area contributed by atoms with Gasteiger partial charge in [0.1, 0.15) is 0 Å². The van der Waals surface area contributed by atoms with Gasteiger partial charge in [0, 0.05) is 5.92 Å². The molecule has 0 heterocycles. The predicted molar refractivity (Wildman–Crippen MR) is 72.3 cm³/mol. The number of carbonyl (C=O) groups is 1. The number of rotatable bonds is 5. The molecule has 0 saturated carbocycles. The van der Waals surface area contributed by atoms with Crippen LogP contribution in [0.5, 0.6) is 0 Å². The highest BCUT2D eigenvalue weighted by Crippen LogP contribution is 2.22. The first-order valence-corrected chi connectivity index (χ1v) is 6.02. The molecule has 1 atom stereocenters. The number of hydrogen-bond acceptors (Lipinski definition) is 2. The lowest BCUT2D eigenvalue weighted by atomic mass is 9.98. The van der Waals surface area contributed by atoms with Gasteiger partial charge in [-0.05, 0) is 16.7 Å². The molecule has 0 fully saturated rings. The third kappa shape index (κ3) is 2.98. The van der Waals surface area contributed by atoms with Crippen molar-refractivity contribution in [2.75, 3.05) is 6.61 Å². The first-order chi connectivity index (χ1) is 8.81. The Morgan fingerprint density at radius 3 is 2.22 bits per heavy atom. The van der Waals surface area contributed by atoms with Crippen molar-refractivity contribution in [3.63, 3.8) is 0 Å². The summed E-state index contributed by atoms with van der Waals surface area (Å²) in [5.41, 5.74) is 3.58. The Balaban J connectivity index is 2.13. The van der Waals surface area contributed by atoms with Crippen LogP contribution < -0.4 is 0 Å². The Bertz CT molecular complexity index is 488. The normalized spacial score (nSPS) is 11.8. The zero-order chi connectivity index (χ0) is 12.8. The minimum absolute atomic E-state index is 0.222. The standard InChI is InChI=1S/C16H16O2/c1-13(11-18-12-17)14-7-9-16(10-8-14)15-5-3-2-4-6-15/h2-10,12-13H,11H2,1H3. The summed E-state index contributed by atoms with van der Waals surface area (Å²) in [6, 6.07) is 18.6. The second kappa shape index (κ2) is 6.01. The molecule has 92 valence electrons. The quantitative estimate of drug-likeness (QED) is 0.746. The van der Waals surface area contributed by atoms with Crippen LogP contribution in [-0.2, 0) is 9.53 Å². The van der Waals surface area contributed by atoms with Gasteiger partial charge in [-0.3, -0.25) is 4.79 Å². The van der Waals surface area contributed by atoms with Crippen LogP contribution in [0, 0.1) is 0 Å². The van der Waals surface area contributed by atoms with Gasteiger partial charge in [-0.1, -0.05) is 61.5 Å². The van der Waals surface area contributed by atoms with Crippen LogP contribution in [-0.4, -0.2) is 13.1 Å². The molecule has 0 saturated heterocycles. The SMILES string of the molecule is CC(COC=O)c1ccc(-c2ccccc2)cc1. The topological polar surface area (TPSA) is 26.3 Å². The summed E-state index contributed by atoms with van der Waals surface area (Å²) in [5.74, 6) is 0.222. The molecule has 18 heavy (non-hydrogen) atoms. The van der Waals surface area contributed by atoms with Gasteiger partial charge in [0.25, 0.3) is 6.47 Å². The lowest BCUT2D eigenvalue weighted by Crippen LogP contribution is -2.03. The summed E-state index contributed by atoms with van der Waals surface area (Å²) >= 11 is 0. The van der Waals surface area contributed by atoms with Gasteiger partial charge < -0.3 is 4.74 Å². The molecule has 0 spiro atoms. The highest BCUT2D eigenvalue weighted by atomic mass is 16.5. The van der Waals surface area contributed by atoms with E-state index in [2.05, 4.69) is 36.4 Å². The van der Waals surface area contributed by atoms with E-state index in [1.807, 2.05) is 25.1 Å². The number of carbonyl (C=O) groups excluding carboxylic acids is 1. The molecule has 2 heteroatoms. The molecule has 0 N–H and O–H groups in total. The smallest absolute Gasteiger partial charge is 0.293 e. The molecule has 2 rings (SSSR count). The summed E-state index contributed by atoms with van der Waals surface area (Å²) in [6.45, 7) is 2.96. The third-order valence-electron chi connectivity index (χ3n) is 3.00. The summed E-state index contributed by atoms with van der Waals surface area (Å²) in [7, 11) is 0. The molecular weight excluding hydrogens is 224 g/mol. The molecule has 1 unspecified atom stereocenters. The van der Waals surface area contributed by atoms with E-state index in [9.17, 15) is 4.79 Å².